The standard InChI is InChI=1S/C10H11NO2/c12-10(13)6-7-1-2-9-8(5-7)3-4-11-9/h1-2,5,11H,3-4,6H2,(H,12,13). The van der Waals surface area contributed by atoms with Gasteiger partial charge in [-0.05, 0) is 23.6 Å². The van der Waals surface area contributed by atoms with E-state index in [1.165, 1.54) is 5.56 Å². The molecule has 0 saturated carbocycles. The minimum absolute atomic E-state index is 0.118. The largest absolute Gasteiger partial charge is 0.481 e. The summed E-state index contributed by atoms with van der Waals surface area (Å²) in [7, 11) is 0. The van der Waals surface area contributed by atoms with E-state index in [2.05, 4.69) is 5.32 Å². The van der Waals surface area contributed by atoms with E-state index >= 15 is 0 Å². The normalized spacial score (nSPS) is 13.5. The van der Waals surface area contributed by atoms with Gasteiger partial charge in [0.15, 0.2) is 0 Å². The maximum atomic E-state index is 10.5. The molecule has 0 aromatic heterocycles. The molecule has 0 unspecified atom stereocenters. The Balaban J connectivity index is 2.25. The summed E-state index contributed by atoms with van der Waals surface area (Å²) >= 11 is 0. The molecule has 1 aromatic carbocycles. The molecule has 1 aromatic rings. The van der Waals surface area contributed by atoms with Crippen LogP contribution in [0.25, 0.3) is 0 Å². The van der Waals surface area contributed by atoms with Crippen LogP contribution in [0.3, 0.4) is 0 Å². The quantitative estimate of drug-likeness (QED) is 0.715. The van der Waals surface area contributed by atoms with E-state index in [0.29, 0.717) is 0 Å². The van der Waals surface area contributed by atoms with Crippen molar-refractivity contribution in [1.82, 2.24) is 0 Å². The highest BCUT2D eigenvalue weighted by Gasteiger charge is 2.10. The smallest absolute Gasteiger partial charge is 0.307 e. The van der Waals surface area contributed by atoms with Gasteiger partial charge < -0.3 is 10.4 Å². The lowest BCUT2D eigenvalue weighted by molar-refractivity contribution is -0.136. The Bertz CT molecular complexity index is 347. The summed E-state index contributed by atoms with van der Waals surface area (Å²) in [6.45, 7) is 0.964. The van der Waals surface area contributed by atoms with Gasteiger partial charge in [0.05, 0.1) is 6.42 Å². The van der Waals surface area contributed by atoms with Crippen molar-refractivity contribution in [1.29, 1.82) is 0 Å². The van der Waals surface area contributed by atoms with Crippen LogP contribution < -0.4 is 5.32 Å². The summed E-state index contributed by atoms with van der Waals surface area (Å²) in [5.41, 5.74) is 3.27. The zero-order valence-electron chi connectivity index (χ0n) is 7.21. The second kappa shape index (κ2) is 3.09. The highest BCUT2D eigenvalue weighted by molar-refractivity contribution is 5.71. The van der Waals surface area contributed by atoms with Crippen molar-refractivity contribution < 1.29 is 9.90 Å². The first kappa shape index (κ1) is 8.10. The Morgan fingerprint density at radius 3 is 3.15 bits per heavy atom. The molecule has 1 aliphatic rings. The minimum atomic E-state index is -0.772. The third-order valence-electron chi connectivity index (χ3n) is 2.23. The van der Waals surface area contributed by atoms with Crippen molar-refractivity contribution in [2.45, 2.75) is 12.8 Å². The lowest BCUT2D eigenvalue weighted by atomic mass is 10.1. The number of nitrogens with one attached hydrogen (secondary N) is 1. The van der Waals surface area contributed by atoms with Crippen molar-refractivity contribution in [2.75, 3.05) is 11.9 Å². The molecule has 2 rings (SSSR count). The summed E-state index contributed by atoms with van der Waals surface area (Å²) in [6, 6.07) is 5.80. The molecular weight excluding hydrogens is 166 g/mol. The van der Waals surface area contributed by atoms with Crippen LogP contribution in [0.2, 0.25) is 0 Å². The van der Waals surface area contributed by atoms with Crippen molar-refractivity contribution in [3.8, 4) is 0 Å². The molecule has 0 aliphatic carbocycles. The lowest BCUT2D eigenvalue weighted by Gasteiger charge is -2.01. The lowest BCUT2D eigenvalue weighted by Crippen LogP contribution is -2.00. The van der Waals surface area contributed by atoms with Gasteiger partial charge in [-0.3, -0.25) is 4.79 Å². The van der Waals surface area contributed by atoms with Crippen LogP contribution in [0.5, 0.6) is 0 Å². The first-order chi connectivity index (χ1) is 6.25. The van der Waals surface area contributed by atoms with Crippen LogP contribution in [0, 0.1) is 0 Å². The zero-order chi connectivity index (χ0) is 9.26. The van der Waals surface area contributed by atoms with Crippen molar-refractivity contribution >= 4 is 11.7 Å². The molecule has 0 amide bonds. The summed E-state index contributed by atoms with van der Waals surface area (Å²) < 4.78 is 0. The summed E-state index contributed by atoms with van der Waals surface area (Å²) in [5, 5.41) is 11.8. The van der Waals surface area contributed by atoms with Crippen molar-refractivity contribution in [3.05, 3.63) is 29.3 Å². The first-order valence-corrected chi connectivity index (χ1v) is 4.33. The first-order valence-electron chi connectivity index (χ1n) is 4.33. The third kappa shape index (κ3) is 1.64. The molecule has 0 saturated heterocycles. The van der Waals surface area contributed by atoms with E-state index in [-0.39, 0.29) is 6.42 Å². The Hall–Kier alpha value is -1.51. The van der Waals surface area contributed by atoms with Crippen molar-refractivity contribution in [3.63, 3.8) is 0 Å². The van der Waals surface area contributed by atoms with Crippen LogP contribution in [-0.2, 0) is 17.6 Å². The van der Waals surface area contributed by atoms with Gasteiger partial charge in [-0.25, -0.2) is 0 Å². The van der Waals surface area contributed by atoms with Crippen LogP contribution in [-0.4, -0.2) is 17.6 Å². The number of fused-ring (bicyclic) bond motifs is 1. The number of aliphatic carboxylic acids is 1. The molecule has 3 nitrogen and oxygen atoms in total. The fraction of sp³-hybridized carbons (Fsp3) is 0.300. The molecule has 0 fully saturated rings. The minimum Gasteiger partial charge on any atom is -0.481 e. The zero-order valence-corrected chi connectivity index (χ0v) is 7.21. The molecule has 1 aliphatic heterocycles. The van der Waals surface area contributed by atoms with Crippen LogP contribution in [0.15, 0.2) is 18.2 Å². The van der Waals surface area contributed by atoms with Gasteiger partial charge in [-0.15, -0.1) is 0 Å². The number of carbonyl (C=O) groups is 1. The van der Waals surface area contributed by atoms with Crippen molar-refractivity contribution in [2.24, 2.45) is 0 Å². The SMILES string of the molecule is O=C(O)Cc1ccc2c(c1)CCN2. The number of carboxylic acids is 1. The number of benzene rings is 1. The Morgan fingerprint density at radius 1 is 1.54 bits per heavy atom. The average molecular weight is 177 g/mol. The van der Waals surface area contributed by atoms with E-state index in [1.54, 1.807) is 0 Å². The predicted molar refractivity (Wildman–Crippen MR) is 50.0 cm³/mol. The summed E-state index contributed by atoms with van der Waals surface area (Å²) in [6.07, 6.45) is 1.12. The predicted octanol–water partition coefficient (Wildman–Crippen LogP) is 1.28. The van der Waals surface area contributed by atoms with Gasteiger partial charge in [0.25, 0.3) is 0 Å². The second-order valence-corrected chi connectivity index (χ2v) is 3.24. The van der Waals surface area contributed by atoms with Crippen LogP contribution >= 0.6 is 0 Å². The fourth-order valence-electron chi connectivity index (χ4n) is 1.64. The van der Waals surface area contributed by atoms with E-state index in [4.69, 9.17) is 5.11 Å². The van der Waals surface area contributed by atoms with Gasteiger partial charge in [0.1, 0.15) is 0 Å². The third-order valence-corrected chi connectivity index (χ3v) is 2.23. The highest BCUT2D eigenvalue weighted by Crippen LogP contribution is 2.22. The Kier molecular flexibility index (Phi) is 1.93. The number of hydrogen-bond acceptors (Lipinski definition) is 2. The van der Waals surface area contributed by atoms with Gasteiger partial charge in [0.2, 0.25) is 0 Å². The number of rotatable bonds is 2. The maximum Gasteiger partial charge on any atom is 0.307 e. The topological polar surface area (TPSA) is 49.3 Å². The molecule has 3 heteroatoms. The fourth-order valence-corrected chi connectivity index (χ4v) is 1.64. The Labute approximate surface area is 76.4 Å². The number of anilines is 1. The Morgan fingerprint density at radius 2 is 2.38 bits per heavy atom. The maximum absolute atomic E-state index is 10.5. The van der Waals surface area contributed by atoms with E-state index in [9.17, 15) is 4.79 Å². The molecule has 13 heavy (non-hydrogen) atoms. The van der Waals surface area contributed by atoms with Gasteiger partial charge in [-0.2, -0.15) is 0 Å². The molecule has 2 N–H and O–H groups in total. The monoisotopic (exact) mass is 177 g/mol. The molecule has 1 heterocycles. The molecule has 0 bridgehead atoms. The van der Waals surface area contributed by atoms with Gasteiger partial charge in [0, 0.05) is 12.2 Å². The number of hydrogen-bond donors (Lipinski definition) is 2. The molecule has 0 spiro atoms. The molecule has 68 valence electrons. The van der Waals surface area contributed by atoms with Gasteiger partial charge in [-0.1, -0.05) is 12.1 Å². The summed E-state index contributed by atoms with van der Waals surface area (Å²) in [4.78, 5) is 10.5. The average Bonchev–Trinajstić information content (AvgIpc) is 2.49. The second-order valence-electron chi connectivity index (χ2n) is 3.24. The van der Waals surface area contributed by atoms with Crippen LogP contribution in [0.1, 0.15) is 11.1 Å². The van der Waals surface area contributed by atoms with E-state index in [1.807, 2.05) is 18.2 Å². The highest BCUT2D eigenvalue weighted by atomic mass is 16.4. The van der Waals surface area contributed by atoms with Crippen LogP contribution in [0.4, 0.5) is 5.69 Å². The number of carboxylic acid groups (broad SMARTS) is 1. The van der Waals surface area contributed by atoms with Gasteiger partial charge >= 0.3 is 5.97 Å². The molecule has 0 atom stereocenters. The molecular formula is C10H11NO2. The molecule has 0 radical (unpaired) electrons. The van der Waals surface area contributed by atoms with E-state index < -0.39 is 5.97 Å². The van der Waals surface area contributed by atoms with E-state index in [0.717, 1.165) is 24.2 Å². The summed E-state index contributed by atoms with van der Waals surface area (Å²) in [5.74, 6) is -0.772.